The van der Waals surface area contributed by atoms with Gasteiger partial charge in [-0.25, -0.2) is 9.78 Å². The largest absolute Gasteiger partial charge is 0.476 e. The highest BCUT2D eigenvalue weighted by molar-refractivity contribution is 6.18. The predicted octanol–water partition coefficient (Wildman–Crippen LogP) is 5.33. The first-order chi connectivity index (χ1) is 13.1. The molecule has 3 aromatic rings. The molecule has 1 aliphatic heterocycles. The van der Waals surface area contributed by atoms with Crippen molar-refractivity contribution < 1.29 is 9.90 Å². The molecule has 0 saturated carbocycles. The summed E-state index contributed by atoms with van der Waals surface area (Å²) in [5.74, 6) is -0.704. The maximum Gasteiger partial charge on any atom is 0.355 e. The minimum Gasteiger partial charge on any atom is -0.476 e. The number of halogens is 1. The molecular weight excluding hydrogens is 360 g/mol. The third-order valence-electron chi connectivity index (χ3n) is 5.34. The second kappa shape index (κ2) is 7.20. The Morgan fingerprint density at radius 1 is 1.22 bits per heavy atom. The molecule has 5 heteroatoms. The molecule has 27 heavy (non-hydrogen) atoms. The van der Waals surface area contributed by atoms with E-state index in [-0.39, 0.29) is 5.69 Å². The van der Waals surface area contributed by atoms with E-state index in [2.05, 4.69) is 16.8 Å². The Labute approximate surface area is 163 Å². The number of rotatable bonds is 4. The summed E-state index contributed by atoms with van der Waals surface area (Å²) in [7, 11) is 0. The fourth-order valence-electron chi connectivity index (χ4n) is 4.05. The van der Waals surface area contributed by atoms with Crippen LogP contribution >= 0.6 is 11.6 Å². The van der Waals surface area contributed by atoms with Crippen molar-refractivity contribution in [1.29, 1.82) is 0 Å². The zero-order chi connectivity index (χ0) is 19.0. The van der Waals surface area contributed by atoms with Gasteiger partial charge in [-0.1, -0.05) is 42.5 Å². The van der Waals surface area contributed by atoms with Crippen LogP contribution in [0.25, 0.3) is 22.0 Å². The molecule has 0 radical (unpaired) electrons. The Balaban J connectivity index is 2.14. The number of para-hydroxylation sites is 1. The molecule has 1 unspecified atom stereocenters. The van der Waals surface area contributed by atoms with E-state index in [0.29, 0.717) is 23.0 Å². The Morgan fingerprint density at radius 3 is 2.67 bits per heavy atom. The first kappa shape index (κ1) is 17.8. The van der Waals surface area contributed by atoms with E-state index >= 15 is 0 Å². The number of pyridine rings is 1. The monoisotopic (exact) mass is 380 g/mol. The highest BCUT2D eigenvalue weighted by Crippen LogP contribution is 2.43. The van der Waals surface area contributed by atoms with Gasteiger partial charge in [-0.3, -0.25) is 0 Å². The van der Waals surface area contributed by atoms with E-state index in [9.17, 15) is 9.90 Å². The van der Waals surface area contributed by atoms with Gasteiger partial charge in [0.1, 0.15) is 0 Å². The van der Waals surface area contributed by atoms with Gasteiger partial charge < -0.3 is 10.0 Å². The van der Waals surface area contributed by atoms with Gasteiger partial charge in [0, 0.05) is 29.4 Å². The van der Waals surface area contributed by atoms with Gasteiger partial charge in [-0.15, -0.1) is 11.6 Å². The highest BCUT2D eigenvalue weighted by atomic mass is 35.5. The van der Waals surface area contributed by atoms with Crippen molar-refractivity contribution in [2.75, 3.05) is 11.4 Å². The topological polar surface area (TPSA) is 53.4 Å². The summed E-state index contributed by atoms with van der Waals surface area (Å²) in [6.45, 7) is 3.10. The standard InChI is InChI=1S/C22H21ClN2O2/c1-14-7-6-12-25(14)21-17-10-4-5-11-18(17)24-20(22(26)27)19(21)16-9-3-2-8-15(16)13-23/h2-5,8-11,14H,6-7,12-13H2,1H3,(H,26,27). The van der Waals surface area contributed by atoms with Gasteiger partial charge in [-0.05, 0) is 37.0 Å². The molecule has 0 amide bonds. The van der Waals surface area contributed by atoms with Gasteiger partial charge in [0.15, 0.2) is 5.69 Å². The molecule has 1 saturated heterocycles. The molecule has 2 heterocycles. The summed E-state index contributed by atoms with van der Waals surface area (Å²) in [5, 5.41) is 11.0. The number of aromatic nitrogens is 1. The Kier molecular flexibility index (Phi) is 4.75. The Bertz CT molecular complexity index is 1020. The zero-order valence-electron chi connectivity index (χ0n) is 15.2. The molecule has 4 nitrogen and oxygen atoms in total. The molecule has 0 aliphatic carbocycles. The van der Waals surface area contributed by atoms with E-state index in [4.69, 9.17) is 11.6 Å². The quantitative estimate of drug-likeness (QED) is 0.622. The van der Waals surface area contributed by atoms with Crippen LogP contribution in [0.2, 0.25) is 0 Å². The molecule has 0 bridgehead atoms. The number of hydrogen-bond acceptors (Lipinski definition) is 3. The van der Waals surface area contributed by atoms with Crippen molar-refractivity contribution in [3.05, 3.63) is 59.8 Å². The number of benzene rings is 2. The van der Waals surface area contributed by atoms with E-state index in [1.807, 2.05) is 48.5 Å². The van der Waals surface area contributed by atoms with Crippen LogP contribution in [0.4, 0.5) is 5.69 Å². The minimum atomic E-state index is -1.02. The average molecular weight is 381 g/mol. The van der Waals surface area contributed by atoms with E-state index < -0.39 is 5.97 Å². The lowest BCUT2D eigenvalue weighted by atomic mass is 9.94. The summed E-state index contributed by atoms with van der Waals surface area (Å²) in [5.41, 5.74) is 4.17. The third kappa shape index (κ3) is 3.04. The smallest absolute Gasteiger partial charge is 0.355 e. The minimum absolute atomic E-state index is 0.0837. The molecule has 4 rings (SSSR count). The lowest BCUT2D eigenvalue weighted by Gasteiger charge is -2.29. The SMILES string of the molecule is CC1CCCN1c1c(-c2ccccc2CCl)c(C(=O)O)nc2ccccc12. The van der Waals surface area contributed by atoms with E-state index in [1.165, 1.54) is 0 Å². The second-order valence-corrected chi connectivity index (χ2v) is 7.25. The molecule has 1 aliphatic rings. The number of carbonyl (C=O) groups is 1. The van der Waals surface area contributed by atoms with Crippen molar-refractivity contribution in [1.82, 2.24) is 4.98 Å². The summed E-state index contributed by atoms with van der Waals surface area (Å²) >= 11 is 6.19. The van der Waals surface area contributed by atoms with Crippen molar-refractivity contribution in [3.8, 4) is 11.1 Å². The molecule has 1 aromatic heterocycles. The second-order valence-electron chi connectivity index (χ2n) is 6.98. The molecule has 2 aromatic carbocycles. The van der Waals surface area contributed by atoms with Gasteiger partial charge >= 0.3 is 5.97 Å². The number of carboxylic acid groups (broad SMARTS) is 1. The molecule has 138 valence electrons. The van der Waals surface area contributed by atoms with Crippen molar-refractivity contribution in [2.45, 2.75) is 31.7 Å². The molecule has 1 fully saturated rings. The van der Waals surface area contributed by atoms with Crippen LogP contribution in [-0.4, -0.2) is 28.6 Å². The van der Waals surface area contributed by atoms with Crippen LogP contribution in [0, 0.1) is 0 Å². The molecular formula is C22H21ClN2O2. The number of anilines is 1. The van der Waals surface area contributed by atoms with Crippen LogP contribution in [0.3, 0.4) is 0 Å². The number of hydrogen-bond donors (Lipinski definition) is 1. The Morgan fingerprint density at radius 2 is 1.96 bits per heavy atom. The third-order valence-corrected chi connectivity index (χ3v) is 5.63. The summed E-state index contributed by atoms with van der Waals surface area (Å²) in [6.07, 6.45) is 2.19. The van der Waals surface area contributed by atoms with Gasteiger partial charge in [-0.2, -0.15) is 0 Å². The summed E-state index contributed by atoms with van der Waals surface area (Å²) in [4.78, 5) is 19.0. The van der Waals surface area contributed by atoms with Crippen molar-refractivity contribution in [3.63, 3.8) is 0 Å². The molecule has 1 atom stereocenters. The molecule has 0 spiro atoms. The van der Waals surface area contributed by atoms with Crippen molar-refractivity contribution >= 4 is 34.2 Å². The Hall–Kier alpha value is -2.59. The molecule has 1 N–H and O–H groups in total. The van der Waals surface area contributed by atoms with Gasteiger partial charge in [0.2, 0.25) is 0 Å². The first-order valence-corrected chi connectivity index (χ1v) is 9.72. The van der Waals surface area contributed by atoms with E-state index in [1.54, 1.807) is 0 Å². The van der Waals surface area contributed by atoms with E-state index in [0.717, 1.165) is 41.6 Å². The number of alkyl halides is 1. The lowest BCUT2D eigenvalue weighted by Crippen LogP contribution is -2.28. The number of carboxylic acids is 1. The number of nitrogens with zero attached hydrogens (tertiary/aromatic N) is 2. The average Bonchev–Trinajstić information content (AvgIpc) is 3.11. The van der Waals surface area contributed by atoms with Gasteiger partial charge in [0.25, 0.3) is 0 Å². The summed E-state index contributed by atoms with van der Waals surface area (Å²) < 4.78 is 0. The fourth-order valence-corrected chi connectivity index (χ4v) is 4.28. The van der Waals surface area contributed by atoms with Crippen LogP contribution in [-0.2, 0) is 5.88 Å². The van der Waals surface area contributed by atoms with Gasteiger partial charge in [0.05, 0.1) is 11.2 Å². The zero-order valence-corrected chi connectivity index (χ0v) is 15.9. The van der Waals surface area contributed by atoms with Crippen molar-refractivity contribution in [2.24, 2.45) is 0 Å². The van der Waals surface area contributed by atoms with Crippen LogP contribution < -0.4 is 4.90 Å². The van der Waals surface area contributed by atoms with Crippen LogP contribution in [0.5, 0.6) is 0 Å². The number of fused-ring (bicyclic) bond motifs is 1. The summed E-state index contributed by atoms with van der Waals surface area (Å²) in [6, 6.07) is 15.9. The fraction of sp³-hybridized carbons (Fsp3) is 0.273. The highest BCUT2D eigenvalue weighted by Gasteiger charge is 2.30. The van der Waals surface area contributed by atoms with Crippen LogP contribution in [0.1, 0.15) is 35.8 Å². The lowest BCUT2D eigenvalue weighted by molar-refractivity contribution is 0.0692. The maximum absolute atomic E-state index is 12.2. The van der Waals surface area contributed by atoms with Crippen LogP contribution in [0.15, 0.2) is 48.5 Å². The number of aromatic carboxylic acids is 1. The maximum atomic E-state index is 12.2. The predicted molar refractivity (Wildman–Crippen MR) is 110 cm³/mol. The first-order valence-electron chi connectivity index (χ1n) is 9.18. The normalized spacial score (nSPS) is 16.8.